The minimum atomic E-state index is -4.91. The zero-order chi connectivity index (χ0) is 25.5. The highest BCUT2D eigenvalue weighted by Crippen LogP contribution is 2.44. The molecule has 2 aromatic heterocycles. The lowest BCUT2D eigenvalue weighted by Crippen LogP contribution is -2.21. The molecular weight excluding hydrogens is 495 g/mol. The Morgan fingerprint density at radius 1 is 1.23 bits per heavy atom. The maximum Gasteiger partial charge on any atom is 0.434 e. The number of nitrogens with one attached hydrogen (secondary N) is 1. The van der Waals surface area contributed by atoms with Crippen LogP contribution >= 0.6 is 0 Å². The lowest BCUT2D eigenvalue weighted by atomic mass is 9.97. The Bertz CT molecular complexity index is 1430. The molecule has 14 heteroatoms. The number of aromatic nitrogens is 3. The van der Waals surface area contributed by atoms with Gasteiger partial charge in [0.1, 0.15) is 5.82 Å². The molecular formula is C21H19F5N6O2S. The maximum absolute atomic E-state index is 14.2. The highest BCUT2D eigenvalue weighted by molar-refractivity contribution is 7.91. The molecule has 3 aromatic rings. The van der Waals surface area contributed by atoms with Crippen molar-refractivity contribution in [2.75, 3.05) is 5.32 Å². The lowest BCUT2D eigenvalue weighted by molar-refractivity contribution is -0.140. The number of fused-ring (bicyclic) bond motifs is 1. The fraction of sp³-hybridized carbons (Fsp3) is 0.286. The van der Waals surface area contributed by atoms with Gasteiger partial charge in [-0.05, 0) is 49.4 Å². The van der Waals surface area contributed by atoms with Gasteiger partial charge < -0.3 is 5.32 Å². The molecule has 3 N–H and O–H groups in total. The highest BCUT2D eigenvalue weighted by atomic mass is 32.2. The van der Waals surface area contributed by atoms with Crippen molar-refractivity contribution in [1.29, 1.82) is 0 Å². The third kappa shape index (κ3) is 4.89. The van der Waals surface area contributed by atoms with Crippen LogP contribution in [0.25, 0.3) is 11.1 Å². The molecule has 8 nitrogen and oxygen atoms in total. The van der Waals surface area contributed by atoms with E-state index in [0.29, 0.717) is 18.4 Å². The minimum absolute atomic E-state index is 0.0579. The third-order valence-electron chi connectivity index (χ3n) is 5.36. The SMILES string of the molecule is CCn1cc(F)c([S@](N)(=O)=NC(=O)Nc2c3c(nc(C(F)(F)F)c2-c2ccc(F)cc2)CCC3)n1. The Hall–Kier alpha value is -3.39. The quantitative estimate of drug-likeness (QED) is 0.492. The predicted molar refractivity (Wildman–Crippen MR) is 117 cm³/mol. The van der Waals surface area contributed by atoms with E-state index in [0.717, 1.165) is 35.1 Å². The molecule has 1 aromatic carbocycles. The van der Waals surface area contributed by atoms with Crippen LogP contribution in [0.15, 0.2) is 39.9 Å². The largest absolute Gasteiger partial charge is 0.434 e. The fourth-order valence-electron chi connectivity index (χ4n) is 3.86. The number of pyridine rings is 1. The number of aryl methyl sites for hydroxylation is 2. The average molecular weight is 514 g/mol. The van der Waals surface area contributed by atoms with E-state index >= 15 is 0 Å². The number of alkyl halides is 3. The van der Waals surface area contributed by atoms with Gasteiger partial charge >= 0.3 is 12.2 Å². The van der Waals surface area contributed by atoms with Crippen LogP contribution < -0.4 is 10.5 Å². The summed E-state index contributed by atoms with van der Waals surface area (Å²) in [6.45, 7) is 1.86. The zero-order valence-corrected chi connectivity index (χ0v) is 19.0. The van der Waals surface area contributed by atoms with Gasteiger partial charge in [0.25, 0.3) is 0 Å². The van der Waals surface area contributed by atoms with E-state index in [1.807, 2.05) is 0 Å². The van der Waals surface area contributed by atoms with Crippen molar-refractivity contribution in [1.82, 2.24) is 14.8 Å². The van der Waals surface area contributed by atoms with Crippen LogP contribution in [0, 0.1) is 11.6 Å². The van der Waals surface area contributed by atoms with Crippen LogP contribution in [0.1, 0.15) is 30.3 Å². The number of hydrogen-bond acceptors (Lipinski definition) is 4. The van der Waals surface area contributed by atoms with Crippen LogP contribution in [0.2, 0.25) is 0 Å². The third-order valence-corrected chi connectivity index (χ3v) is 6.63. The van der Waals surface area contributed by atoms with E-state index in [9.17, 15) is 31.0 Å². The maximum atomic E-state index is 14.2. The van der Waals surface area contributed by atoms with Crippen molar-refractivity contribution >= 4 is 21.6 Å². The summed E-state index contributed by atoms with van der Waals surface area (Å²) in [6, 6.07) is 2.82. The molecule has 0 radical (unpaired) electrons. The number of hydrogen-bond donors (Lipinski definition) is 2. The van der Waals surface area contributed by atoms with Crippen molar-refractivity contribution in [3.8, 4) is 11.1 Å². The number of anilines is 1. The van der Waals surface area contributed by atoms with Crippen molar-refractivity contribution in [2.45, 2.75) is 43.9 Å². The van der Waals surface area contributed by atoms with Crippen LogP contribution in [0.4, 0.5) is 32.4 Å². The molecule has 35 heavy (non-hydrogen) atoms. The number of nitrogens with zero attached hydrogens (tertiary/aromatic N) is 4. The summed E-state index contributed by atoms with van der Waals surface area (Å²) in [5.41, 5.74) is -1.61. The second-order valence-electron chi connectivity index (χ2n) is 7.72. The van der Waals surface area contributed by atoms with Crippen LogP contribution in [0.5, 0.6) is 0 Å². The van der Waals surface area contributed by atoms with E-state index in [1.165, 1.54) is 0 Å². The second-order valence-corrected chi connectivity index (χ2v) is 9.43. The lowest BCUT2D eigenvalue weighted by Gasteiger charge is -2.20. The van der Waals surface area contributed by atoms with Gasteiger partial charge in [-0.15, -0.1) is 4.36 Å². The van der Waals surface area contributed by atoms with E-state index in [2.05, 4.69) is 19.8 Å². The summed E-state index contributed by atoms with van der Waals surface area (Å²) in [7, 11) is -4.17. The number of benzene rings is 1. The molecule has 4 rings (SSSR count). The Kier molecular flexibility index (Phi) is 6.36. The van der Waals surface area contributed by atoms with Crippen LogP contribution in [0.3, 0.4) is 0 Å². The van der Waals surface area contributed by atoms with E-state index in [1.54, 1.807) is 6.92 Å². The number of amides is 2. The Morgan fingerprint density at radius 3 is 2.51 bits per heavy atom. The summed E-state index contributed by atoms with van der Waals surface area (Å²) in [6.07, 6.45) is -2.95. The first-order chi connectivity index (χ1) is 16.4. The number of halogens is 5. The van der Waals surface area contributed by atoms with Crippen molar-refractivity contribution in [3.63, 3.8) is 0 Å². The fourth-order valence-corrected chi connectivity index (χ4v) is 4.79. The first kappa shape index (κ1) is 24.7. The van der Waals surface area contributed by atoms with E-state index in [4.69, 9.17) is 5.14 Å². The normalized spacial score (nSPS) is 14.9. The number of carbonyl (C=O) groups is 1. The molecule has 0 spiro atoms. The summed E-state index contributed by atoms with van der Waals surface area (Å²) in [4.78, 5) is 16.5. The molecule has 0 saturated heterocycles. The predicted octanol–water partition coefficient (Wildman–Crippen LogP) is 4.68. The van der Waals surface area contributed by atoms with Crippen molar-refractivity contribution in [3.05, 3.63) is 59.0 Å². The van der Waals surface area contributed by atoms with Gasteiger partial charge in [-0.2, -0.15) is 18.3 Å². The molecule has 186 valence electrons. The second kappa shape index (κ2) is 9.00. The Morgan fingerprint density at radius 2 is 1.91 bits per heavy atom. The summed E-state index contributed by atoms with van der Waals surface area (Å²) < 4.78 is 86.8. The minimum Gasteiger partial charge on any atom is -0.304 e. The van der Waals surface area contributed by atoms with Crippen molar-refractivity contribution in [2.24, 2.45) is 9.50 Å². The van der Waals surface area contributed by atoms with Gasteiger partial charge in [0.05, 0.1) is 11.9 Å². The molecule has 0 bridgehead atoms. The molecule has 1 atom stereocenters. The highest BCUT2D eigenvalue weighted by Gasteiger charge is 2.39. The number of carbonyl (C=O) groups excluding carboxylic acids is 1. The Balaban J connectivity index is 1.86. The number of nitrogens with two attached hydrogens (primary N) is 1. The Labute approximate surface area is 196 Å². The van der Waals surface area contributed by atoms with Gasteiger partial charge in [-0.1, -0.05) is 12.1 Å². The molecule has 0 aliphatic heterocycles. The first-order valence-electron chi connectivity index (χ1n) is 10.4. The monoisotopic (exact) mass is 514 g/mol. The zero-order valence-electron chi connectivity index (χ0n) is 18.2. The molecule has 2 heterocycles. The summed E-state index contributed by atoms with van der Waals surface area (Å²) in [5.74, 6) is -1.72. The topological polar surface area (TPSA) is 115 Å². The van der Waals surface area contributed by atoms with Crippen LogP contribution in [-0.4, -0.2) is 25.0 Å². The van der Waals surface area contributed by atoms with E-state index < -0.39 is 50.0 Å². The van der Waals surface area contributed by atoms with Gasteiger partial charge in [-0.25, -0.2) is 27.9 Å². The van der Waals surface area contributed by atoms with Crippen LogP contribution in [-0.2, 0) is 35.5 Å². The average Bonchev–Trinajstić information content (AvgIpc) is 3.40. The first-order valence-corrected chi connectivity index (χ1v) is 12.0. The standard InChI is InChI=1S/C21H19F5N6O2S/c1-2-32-10-14(23)19(30-32)35(27,34)31-20(33)29-17-13-4-3-5-15(13)28-18(21(24,25)26)16(17)11-6-8-12(22)9-7-11/h6-10H,2-5H2,1H3,(H3,27,28,29,31,33,34)/t35-/m1/s1. The van der Waals surface area contributed by atoms with Gasteiger partial charge in [0.2, 0.25) is 5.03 Å². The van der Waals surface area contributed by atoms with E-state index in [-0.39, 0.29) is 29.9 Å². The smallest absolute Gasteiger partial charge is 0.304 e. The molecule has 1 aliphatic rings. The molecule has 2 amide bonds. The van der Waals surface area contributed by atoms with Gasteiger partial charge in [-0.3, -0.25) is 4.68 Å². The van der Waals surface area contributed by atoms with Gasteiger partial charge in [0, 0.05) is 17.8 Å². The van der Waals surface area contributed by atoms with Crippen molar-refractivity contribution < 1.29 is 31.0 Å². The molecule has 1 aliphatic carbocycles. The van der Waals surface area contributed by atoms with Gasteiger partial charge in [0.15, 0.2) is 21.4 Å². The molecule has 0 fully saturated rings. The molecule has 0 saturated carbocycles. The summed E-state index contributed by atoms with van der Waals surface area (Å²) >= 11 is 0. The number of urea groups is 1. The number of rotatable bonds is 4. The molecule has 0 unspecified atom stereocenters. The summed E-state index contributed by atoms with van der Waals surface area (Å²) in [5, 5.41) is 10.8.